The van der Waals surface area contributed by atoms with Crippen molar-refractivity contribution >= 4 is 51.2 Å². The number of hydrogen-bond acceptors (Lipinski definition) is 6. The molecule has 0 saturated heterocycles. The summed E-state index contributed by atoms with van der Waals surface area (Å²) in [5.74, 6) is -2.75. The van der Waals surface area contributed by atoms with Crippen molar-refractivity contribution in [3.8, 4) is 16.9 Å². The van der Waals surface area contributed by atoms with Crippen molar-refractivity contribution in [3.05, 3.63) is 113 Å². The van der Waals surface area contributed by atoms with E-state index in [4.69, 9.17) is 21.1 Å². The van der Waals surface area contributed by atoms with E-state index >= 15 is 8.78 Å². The largest absolute Gasteiger partial charge is 0.515 e. The van der Waals surface area contributed by atoms with Crippen LogP contribution in [0.15, 0.2) is 85.2 Å². The van der Waals surface area contributed by atoms with E-state index in [1.165, 1.54) is 10.8 Å². The highest BCUT2D eigenvalue weighted by molar-refractivity contribution is 7.86. The fourth-order valence-corrected chi connectivity index (χ4v) is 5.32. The first-order chi connectivity index (χ1) is 20.7. The first-order valence-electron chi connectivity index (χ1n) is 13.1. The number of nitrogens with one attached hydrogen (secondary N) is 1. The molecule has 1 unspecified atom stereocenters. The number of ketones is 1. The molecule has 8 nitrogen and oxygen atoms in total. The van der Waals surface area contributed by atoms with Gasteiger partial charge in [-0.1, -0.05) is 48.9 Å². The highest BCUT2D eigenvalue weighted by Gasteiger charge is 2.26. The number of anilines is 1. The predicted octanol–water partition coefficient (Wildman–Crippen LogP) is 7.52. The molecule has 0 aliphatic rings. The highest BCUT2D eigenvalue weighted by Crippen LogP contribution is 2.31. The van der Waals surface area contributed by atoms with Gasteiger partial charge in [0.15, 0.2) is 12.5 Å². The molecular weight excluding hydrogens is 600 g/mol. The lowest BCUT2D eigenvalue weighted by Gasteiger charge is -2.10. The SMILES string of the molecule is CCCS(=O)Nc1ccc(F)c(C(=O)c2cn(COC(=O)Oc3ccccc3)c3ncc(-c4ccc(Cl)cc4)cc23)c1F. The van der Waals surface area contributed by atoms with E-state index in [0.29, 0.717) is 17.0 Å². The number of fused-ring (bicyclic) bond motifs is 1. The van der Waals surface area contributed by atoms with Gasteiger partial charge in [-0.25, -0.2) is 22.8 Å². The molecule has 1 atom stereocenters. The number of halogens is 3. The van der Waals surface area contributed by atoms with Gasteiger partial charge in [-0.2, -0.15) is 0 Å². The molecule has 5 rings (SSSR count). The Labute approximate surface area is 252 Å². The maximum atomic E-state index is 15.5. The van der Waals surface area contributed by atoms with E-state index in [0.717, 1.165) is 17.7 Å². The van der Waals surface area contributed by atoms with E-state index in [2.05, 4.69) is 9.71 Å². The second-order valence-corrected chi connectivity index (χ2v) is 11.1. The zero-order chi connectivity index (χ0) is 30.5. The van der Waals surface area contributed by atoms with Crippen LogP contribution in [0, 0.1) is 11.6 Å². The normalized spacial score (nSPS) is 11.7. The van der Waals surface area contributed by atoms with Crippen molar-refractivity contribution in [1.82, 2.24) is 9.55 Å². The number of aromatic nitrogens is 2. The molecule has 0 bridgehead atoms. The summed E-state index contributed by atoms with van der Waals surface area (Å²) in [6.45, 7) is 1.40. The Kier molecular flexibility index (Phi) is 9.13. The van der Waals surface area contributed by atoms with Gasteiger partial charge in [0, 0.05) is 34.1 Å². The molecule has 2 aromatic heterocycles. The Bertz CT molecular complexity index is 1830. The number of pyridine rings is 1. The summed E-state index contributed by atoms with van der Waals surface area (Å²) >= 11 is 6.02. The predicted molar refractivity (Wildman–Crippen MR) is 160 cm³/mol. The van der Waals surface area contributed by atoms with Crippen molar-refractivity contribution in [3.63, 3.8) is 0 Å². The van der Waals surface area contributed by atoms with Crippen LogP contribution in [-0.2, 0) is 22.5 Å². The van der Waals surface area contributed by atoms with Crippen molar-refractivity contribution in [1.29, 1.82) is 0 Å². The van der Waals surface area contributed by atoms with Crippen LogP contribution < -0.4 is 9.46 Å². The van der Waals surface area contributed by atoms with Gasteiger partial charge in [-0.15, -0.1) is 0 Å². The van der Waals surface area contributed by atoms with Crippen LogP contribution in [0.1, 0.15) is 29.3 Å². The summed E-state index contributed by atoms with van der Waals surface area (Å²) < 4.78 is 57.0. The molecule has 0 saturated carbocycles. The summed E-state index contributed by atoms with van der Waals surface area (Å²) in [7, 11) is -1.63. The molecule has 2 heterocycles. The van der Waals surface area contributed by atoms with Gasteiger partial charge in [-0.3, -0.25) is 9.36 Å². The zero-order valence-corrected chi connectivity index (χ0v) is 24.3. The molecule has 5 aromatic rings. The third kappa shape index (κ3) is 6.73. The molecule has 12 heteroatoms. The standard InChI is InChI=1S/C31H24ClF2N3O5S/c1-2-14-43(40)36-26-13-12-25(33)27(28(26)34)29(38)24-17-37(18-41-31(39)42-22-6-4-3-5-7-22)30-23(24)15-20(16-35-30)19-8-10-21(32)11-9-19/h3-13,15-17,36H,2,14,18H2,1H3. The molecule has 3 aromatic carbocycles. The fraction of sp³-hybridized carbons (Fsp3) is 0.129. The smallest absolute Gasteiger partial charge is 0.412 e. The maximum absolute atomic E-state index is 15.5. The number of ether oxygens (including phenoxy) is 2. The van der Waals surface area contributed by atoms with Gasteiger partial charge in [0.2, 0.25) is 5.78 Å². The molecule has 0 aliphatic heterocycles. The first kappa shape index (κ1) is 29.9. The Morgan fingerprint density at radius 1 is 1.02 bits per heavy atom. The number of hydrogen-bond donors (Lipinski definition) is 1. The maximum Gasteiger partial charge on any atom is 0.515 e. The van der Waals surface area contributed by atoms with E-state index in [-0.39, 0.29) is 33.8 Å². The first-order valence-corrected chi connectivity index (χ1v) is 14.8. The second-order valence-electron chi connectivity index (χ2n) is 9.32. The molecule has 43 heavy (non-hydrogen) atoms. The number of nitrogens with zero attached hydrogens (tertiary/aromatic N) is 2. The van der Waals surface area contributed by atoms with Crippen LogP contribution in [0.25, 0.3) is 22.2 Å². The Morgan fingerprint density at radius 2 is 1.77 bits per heavy atom. The van der Waals surface area contributed by atoms with Gasteiger partial charge in [0.05, 0.1) is 16.8 Å². The van der Waals surface area contributed by atoms with Crippen molar-refractivity contribution in [2.75, 3.05) is 10.5 Å². The van der Waals surface area contributed by atoms with Gasteiger partial charge in [-0.05, 0) is 54.4 Å². The van der Waals surface area contributed by atoms with Crippen molar-refractivity contribution < 1.29 is 32.1 Å². The minimum absolute atomic E-state index is 0.0945. The van der Waals surface area contributed by atoms with Crippen LogP contribution in [0.5, 0.6) is 5.75 Å². The number of rotatable bonds is 10. The fourth-order valence-electron chi connectivity index (χ4n) is 4.32. The van der Waals surface area contributed by atoms with Crippen LogP contribution in [0.3, 0.4) is 0 Å². The average Bonchev–Trinajstić information content (AvgIpc) is 3.36. The van der Waals surface area contributed by atoms with Gasteiger partial charge in [0.25, 0.3) is 0 Å². The lowest BCUT2D eigenvalue weighted by molar-refractivity contribution is 0.0730. The summed E-state index contributed by atoms with van der Waals surface area (Å²) in [5, 5.41) is 0.780. The van der Waals surface area contributed by atoms with Crippen LogP contribution in [0.4, 0.5) is 19.3 Å². The monoisotopic (exact) mass is 623 g/mol. The number of carbonyl (C=O) groups excluding carboxylic acids is 2. The minimum Gasteiger partial charge on any atom is -0.412 e. The van der Waals surface area contributed by atoms with E-state index in [1.54, 1.807) is 66.9 Å². The van der Waals surface area contributed by atoms with E-state index in [1.807, 2.05) is 6.92 Å². The molecule has 0 radical (unpaired) electrons. The number of carbonyl (C=O) groups is 2. The van der Waals surface area contributed by atoms with Gasteiger partial charge >= 0.3 is 6.16 Å². The third-order valence-electron chi connectivity index (χ3n) is 6.33. The van der Waals surface area contributed by atoms with E-state index < -0.39 is 46.9 Å². The lowest BCUT2D eigenvalue weighted by Crippen LogP contribution is -2.14. The molecule has 220 valence electrons. The van der Waals surface area contributed by atoms with Crippen LogP contribution >= 0.6 is 11.6 Å². The topological polar surface area (TPSA) is 99.5 Å². The number of benzene rings is 3. The summed E-state index contributed by atoms with van der Waals surface area (Å²) in [6.07, 6.45) is 2.41. The molecule has 0 spiro atoms. The van der Waals surface area contributed by atoms with E-state index in [9.17, 15) is 13.8 Å². The van der Waals surface area contributed by atoms with Gasteiger partial charge < -0.3 is 14.2 Å². The van der Waals surface area contributed by atoms with Crippen LogP contribution in [0.2, 0.25) is 5.02 Å². The molecule has 1 N–H and O–H groups in total. The quantitative estimate of drug-likeness (QED) is 0.0981. The summed E-state index contributed by atoms with van der Waals surface area (Å²) in [6, 6.07) is 18.9. The zero-order valence-electron chi connectivity index (χ0n) is 22.7. The summed E-state index contributed by atoms with van der Waals surface area (Å²) in [5.41, 5.74) is 0.350. The Hall–Kier alpha value is -4.61. The highest BCUT2D eigenvalue weighted by atomic mass is 35.5. The molecular formula is C31H24ClF2N3O5S. The van der Waals surface area contributed by atoms with Gasteiger partial charge in [0.1, 0.15) is 28.2 Å². The lowest BCUT2D eigenvalue weighted by atomic mass is 10.00. The molecule has 0 amide bonds. The van der Waals surface area contributed by atoms with Crippen molar-refractivity contribution in [2.45, 2.75) is 20.1 Å². The Morgan fingerprint density at radius 3 is 2.49 bits per heavy atom. The summed E-state index contributed by atoms with van der Waals surface area (Å²) in [4.78, 5) is 30.6. The van der Waals surface area contributed by atoms with Crippen molar-refractivity contribution in [2.24, 2.45) is 0 Å². The molecule has 0 aliphatic carbocycles. The molecule has 0 fully saturated rings. The van der Waals surface area contributed by atoms with Crippen LogP contribution in [-0.4, -0.2) is 31.5 Å². The average molecular weight is 624 g/mol. The number of para-hydroxylation sites is 1. The second kappa shape index (κ2) is 13.1. The minimum atomic E-state index is -1.63. The third-order valence-corrected chi connectivity index (χ3v) is 7.81. The Balaban J connectivity index is 1.54.